The Morgan fingerprint density at radius 2 is 2.00 bits per heavy atom. The maximum Gasteiger partial charge on any atom is 0.138 e. The van der Waals surface area contributed by atoms with Crippen molar-refractivity contribution in [2.24, 2.45) is 5.92 Å². The quantitative estimate of drug-likeness (QED) is 0.902. The molecule has 0 aliphatic heterocycles. The molecule has 1 aliphatic rings. The van der Waals surface area contributed by atoms with E-state index in [0.29, 0.717) is 28.2 Å². The van der Waals surface area contributed by atoms with Gasteiger partial charge in [-0.2, -0.15) is 0 Å². The average molecular weight is 263 g/mol. The molecule has 1 saturated carbocycles. The fourth-order valence-electron chi connectivity index (χ4n) is 2.28. The van der Waals surface area contributed by atoms with E-state index in [1.54, 1.807) is 6.07 Å². The molecule has 1 aliphatic carbocycles. The largest absolute Gasteiger partial charge is 0.463 e. The van der Waals surface area contributed by atoms with Crippen LogP contribution in [0.2, 0.25) is 5.02 Å². The third kappa shape index (κ3) is 2.06. The van der Waals surface area contributed by atoms with E-state index in [-0.39, 0.29) is 0 Å². The molecule has 1 aromatic carbocycles. The summed E-state index contributed by atoms with van der Waals surface area (Å²) >= 11 is 6.07. The number of rotatable bonds is 3. The minimum atomic E-state index is -0.790. The summed E-state index contributed by atoms with van der Waals surface area (Å²) in [4.78, 5) is 0. The highest BCUT2D eigenvalue weighted by Gasteiger charge is 2.37. The summed E-state index contributed by atoms with van der Waals surface area (Å²) in [5.41, 5.74) is 0.684. The lowest BCUT2D eigenvalue weighted by Gasteiger charge is -2.09. The molecule has 1 N–H and O–H groups in total. The van der Waals surface area contributed by atoms with Gasteiger partial charge in [0.05, 0.1) is 0 Å². The predicted octanol–water partition coefficient (Wildman–Crippen LogP) is 4.14. The van der Waals surface area contributed by atoms with Crippen molar-refractivity contribution in [3.05, 3.63) is 58.5 Å². The van der Waals surface area contributed by atoms with Crippen LogP contribution in [0, 0.1) is 5.92 Å². The molecule has 94 valence electrons. The van der Waals surface area contributed by atoms with E-state index < -0.39 is 6.10 Å². The zero-order valence-electron chi connectivity index (χ0n) is 10.1. The first kappa shape index (κ1) is 11.8. The lowest BCUT2D eigenvalue weighted by atomic mass is 10.1. The van der Waals surface area contributed by atoms with Gasteiger partial charge < -0.3 is 9.52 Å². The number of hydrogen-bond donors (Lipinski definition) is 1. The van der Waals surface area contributed by atoms with Crippen LogP contribution >= 0.6 is 11.6 Å². The van der Waals surface area contributed by atoms with Crippen LogP contribution in [0.5, 0.6) is 0 Å². The van der Waals surface area contributed by atoms with Gasteiger partial charge in [0.15, 0.2) is 0 Å². The second-order valence-electron chi connectivity index (χ2n) is 4.98. The molecule has 2 aromatic rings. The van der Waals surface area contributed by atoms with Gasteiger partial charge in [0.25, 0.3) is 0 Å². The first-order valence-corrected chi connectivity index (χ1v) is 6.56. The van der Waals surface area contributed by atoms with Crippen LogP contribution < -0.4 is 0 Å². The summed E-state index contributed by atoms with van der Waals surface area (Å²) in [6.45, 7) is 2.21. The van der Waals surface area contributed by atoms with Gasteiger partial charge in [-0.15, -0.1) is 0 Å². The Kier molecular flexibility index (Phi) is 2.92. The van der Waals surface area contributed by atoms with Crippen molar-refractivity contribution >= 4 is 11.6 Å². The van der Waals surface area contributed by atoms with Crippen LogP contribution in [0.3, 0.4) is 0 Å². The zero-order chi connectivity index (χ0) is 12.7. The van der Waals surface area contributed by atoms with Gasteiger partial charge >= 0.3 is 0 Å². The molecular formula is C15H15ClO2. The van der Waals surface area contributed by atoms with E-state index in [1.807, 2.05) is 30.3 Å². The molecule has 2 nitrogen and oxygen atoms in total. The van der Waals surface area contributed by atoms with Crippen molar-refractivity contribution in [2.45, 2.75) is 25.4 Å². The highest BCUT2D eigenvalue weighted by molar-refractivity contribution is 6.31. The third-order valence-electron chi connectivity index (χ3n) is 3.59. The summed E-state index contributed by atoms with van der Waals surface area (Å²) in [7, 11) is 0. The molecule has 1 heterocycles. The molecule has 1 aromatic heterocycles. The minimum absolute atomic E-state index is 0.525. The van der Waals surface area contributed by atoms with Gasteiger partial charge in [-0.05, 0) is 30.5 Å². The number of halogens is 1. The van der Waals surface area contributed by atoms with Crippen molar-refractivity contribution in [1.29, 1.82) is 0 Å². The Morgan fingerprint density at radius 1 is 1.28 bits per heavy atom. The average Bonchev–Trinajstić information content (AvgIpc) is 2.92. The summed E-state index contributed by atoms with van der Waals surface area (Å²) in [6.07, 6.45) is 0.385. The molecule has 0 amide bonds. The fourth-order valence-corrected chi connectivity index (χ4v) is 2.52. The molecule has 3 atom stereocenters. The minimum Gasteiger partial charge on any atom is -0.463 e. The van der Waals surface area contributed by atoms with Crippen molar-refractivity contribution in [3.8, 4) is 0 Å². The van der Waals surface area contributed by atoms with Gasteiger partial charge in [0.2, 0.25) is 0 Å². The number of aliphatic hydroxyl groups excluding tert-OH is 1. The SMILES string of the molecule is CC1CC1c1ccc(C(O)c2ccccc2Cl)o1. The second-order valence-corrected chi connectivity index (χ2v) is 5.39. The van der Waals surface area contributed by atoms with Crippen LogP contribution in [-0.2, 0) is 0 Å². The summed E-state index contributed by atoms with van der Waals surface area (Å²) < 4.78 is 5.74. The number of hydrogen-bond acceptors (Lipinski definition) is 2. The maximum atomic E-state index is 10.3. The van der Waals surface area contributed by atoms with Crippen LogP contribution in [0.15, 0.2) is 40.8 Å². The topological polar surface area (TPSA) is 33.4 Å². The smallest absolute Gasteiger partial charge is 0.138 e. The van der Waals surface area contributed by atoms with Crippen molar-refractivity contribution < 1.29 is 9.52 Å². The molecule has 3 unspecified atom stereocenters. The molecule has 1 fully saturated rings. The van der Waals surface area contributed by atoms with Gasteiger partial charge in [-0.3, -0.25) is 0 Å². The molecule has 0 radical (unpaired) electrons. The van der Waals surface area contributed by atoms with Crippen LogP contribution in [0.25, 0.3) is 0 Å². The molecule has 0 bridgehead atoms. The number of aliphatic hydroxyl groups is 1. The van der Waals surface area contributed by atoms with Crippen molar-refractivity contribution in [1.82, 2.24) is 0 Å². The zero-order valence-corrected chi connectivity index (χ0v) is 10.9. The highest BCUT2D eigenvalue weighted by Crippen LogP contribution is 2.47. The molecular weight excluding hydrogens is 248 g/mol. The normalized spacial score (nSPS) is 23.9. The van der Waals surface area contributed by atoms with E-state index in [0.717, 1.165) is 5.76 Å². The highest BCUT2D eigenvalue weighted by atomic mass is 35.5. The Morgan fingerprint density at radius 3 is 2.67 bits per heavy atom. The maximum absolute atomic E-state index is 10.3. The first-order chi connectivity index (χ1) is 8.66. The Labute approximate surface area is 111 Å². The monoisotopic (exact) mass is 262 g/mol. The Hall–Kier alpha value is -1.25. The molecule has 3 heteroatoms. The molecule has 3 rings (SSSR count). The fraction of sp³-hybridized carbons (Fsp3) is 0.333. The van der Waals surface area contributed by atoms with Crippen LogP contribution in [0.1, 0.15) is 42.5 Å². The Balaban J connectivity index is 1.86. The predicted molar refractivity (Wildman–Crippen MR) is 70.7 cm³/mol. The van der Waals surface area contributed by atoms with E-state index in [1.165, 1.54) is 6.42 Å². The molecule has 0 saturated heterocycles. The van der Waals surface area contributed by atoms with Gasteiger partial charge in [0, 0.05) is 16.5 Å². The van der Waals surface area contributed by atoms with Gasteiger partial charge in [-0.1, -0.05) is 36.7 Å². The number of benzene rings is 1. The van der Waals surface area contributed by atoms with Gasteiger partial charge in [0.1, 0.15) is 17.6 Å². The van der Waals surface area contributed by atoms with Crippen LogP contribution in [0.4, 0.5) is 0 Å². The van der Waals surface area contributed by atoms with Crippen LogP contribution in [-0.4, -0.2) is 5.11 Å². The van der Waals surface area contributed by atoms with Crippen molar-refractivity contribution in [2.75, 3.05) is 0 Å². The van der Waals surface area contributed by atoms with E-state index in [9.17, 15) is 5.11 Å². The Bertz CT molecular complexity index is 561. The lowest BCUT2D eigenvalue weighted by Crippen LogP contribution is -1.98. The van der Waals surface area contributed by atoms with E-state index in [2.05, 4.69) is 6.92 Å². The summed E-state index contributed by atoms with van der Waals surface area (Å²) in [5, 5.41) is 10.8. The number of furan rings is 1. The third-order valence-corrected chi connectivity index (χ3v) is 3.94. The molecule has 18 heavy (non-hydrogen) atoms. The molecule has 0 spiro atoms. The van der Waals surface area contributed by atoms with Gasteiger partial charge in [-0.25, -0.2) is 0 Å². The second kappa shape index (κ2) is 4.45. The van der Waals surface area contributed by atoms with E-state index >= 15 is 0 Å². The lowest BCUT2D eigenvalue weighted by molar-refractivity contribution is 0.186. The summed E-state index contributed by atoms with van der Waals surface area (Å²) in [5.74, 6) is 2.76. The summed E-state index contributed by atoms with van der Waals surface area (Å²) in [6, 6.07) is 11.1. The van der Waals surface area contributed by atoms with Crippen molar-refractivity contribution in [3.63, 3.8) is 0 Å². The first-order valence-electron chi connectivity index (χ1n) is 6.19. The standard InChI is InChI=1S/C15H15ClO2/c1-9-8-11(9)13-6-7-14(18-13)15(17)10-4-2-3-5-12(10)16/h2-7,9,11,15,17H,8H2,1H3. The van der Waals surface area contributed by atoms with E-state index in [4.69, 9.17) is 16.0 Å².